The van der Waals surface area contributed by atoms with E-state index in [-0.39, 0.29) is 12.8 Å². The molecule has 0 spiro atoms. The molecule has 15 heavy (non-hydrogen) atoms. The summed E-state index contributed by atoms with van der Waals surface area (Å²) >= 11 is 1.08. The van der Waals surface area contributed by atoms with Gasteiger partial charge >= 0.3 is 5.97 Å². The third-order valence-corrected chi connectivity index (χ3v) is 2.07. The van der Waals surface area contributed by atoms with Gasteiger partial charge in [0.15, 0.2) is 0 Å². The zero-order chi connectivity index (χ0) is 11.1. The molecule has 0 aromatic heterocycles. The van der Waals surface area contributed by atoms with E-state index in [2.05, 4.69) is 4.74 Å². The van der Waals surface area contributed by atoms with Gasteiger partial charge in [-0.1, -0.05) is 0 Å². The number of benzene rings is 1. The van der Waals surface area contributed by atoms with Crippen LogP contribution in [-0.2, 0) is 9.53 Å². The molecule has 78 valence electrons. The van der Waals surface area contributed by atoms with Crippen molar-refractivity contribution in [1.82, 2.24) is 0 Å². The molecule has 0 aliphatic carbocycles. The molecule has 0 saturated heterocycles. The van der Waals surface area contributed by atoms with E-state index >= 15 is 0 Å². The van der Waals surface area contributed by atoms with Crippen molar-refractivity contribution in [2.24, 2.45) is 0 Å². The number of rotatable bonds is 4. The van der Waals surface area contributed by atoms with Gasteiger partial charge in [-0.15, -0.1) is 0 Å². The Balaban J connectivity index is 2.43. The summed E-state index contributed by atoms with van der Waals surface area (Å²) in [7, 11) is 0. The smallest absolute Gasteiger partial charge is 0.305 e. The average Bonchev–Trinajstić information content (AvgIpc) is 2.20. The van der Waals surface area contributed by atoms with Crippen LogP contribution in [0, 0.1) is 10.7 Å². The standard InChI is InChI=1S/C10H9NO3S/c1-8(12)13-7-14-9-2-4-10(5-3-9)15-6-11/h2-5H,7H2,1H3. The highest BCUT2D eigenvalue weighted by atomic mass is 32.2. The summed E-state index contributed by atoms with van der Waals surface area (Å²) in [6.45, 7) is 1.22. The third-order valence-electron chi connectivity index (χ3n) is 1.48. The Morgan fingerprint density at radius 2 is 2.13 bits per heavy atom. The summed E-state index contributed by atoms with van der Waals surface area (Å²) in [6.07, 6.45) is 0. The minimum Gasteiger partial charge on any atom is -0.457 e. The molecule has 1 aromatic carbocycles. The van der Waals surface area contributed by atoms with E-state index in [1.54, 1.807) is 24.3 Å². The largest absolute Gasteiger partial charge is 0.457 e. The number of hydrogen-bond acceptors (Lipinski definition) is 5. The lowest BCUT2D eigenvalue weighted by atomic mass is 10.3. The van der Waals surface area contributed by atoms with Crippen LogP contribution in [0.1, 0.15) is 6.92 Å². The second-order valence-corrected chi connectivity index (χ2v) is 3.42. The van der Waals surface area contributed by atoms with Crippen molar-refractivity contribution < 1.29 is 14.3 Å². The second kappa shape index (κ2) is 5.94. The van der Waals surface area contributed by atoms with Gasteiger partial charge in [-0.3, -0.25) is 4.79 Å². The van der Waals surface area contributed by atoms with E-state index in [4.69, 9.17) is 10.00 Å². The molecule has 0 aliphatic rings. The fourth-order valence-corrected chi connectivity index (χ4v) is 1.21. The summed E-state index contributed by atoms with van der Waals surface area (Å²) in [6, 6.07) is 6.94. The fraction of sp³-hybridized carbons (Fsp3) is 0.200. The number of thiocyanates is 1. The molecule has 0 radical (unpaired) electrons. The van der Waals surface area contributed by atoms with Crippen molar-refractivity contribution in [1.29, 1.82) is 5.26 Å². The summed E-state index contributed by atoms with van der Waals surface area (Å²) in [5.41, 5.74) is 0. The number of carbonyl (C=O) groups excluding carboxylic acids is 1. The molecule has 0 bridgehead atoms. The maximum absolute atomic E-state index is 10.4. The van der Waals surface area contributed by atoms with E-state index in [1.165, 1.54) is 6.92 Å². The van der Waals surface area contributed by atoms with E-state index < -0.39 is 0 Å². The number of nitrogens with zero attached hydrogens (tertiary/aromatic N) is 1. The first-order valence-corrected chi connectivity index (χ1v) is 4.96. The molecule has 1 rings (SSSR count). The third kappa shape index (κ3) is 4.38. The van der Waals surface area contributed by atoms with Crippen LogP contribution in [0.25, 0.3) is 0 Å². The van der Waals surface area contributed by atoms with Gasteiger partial charge in [0.05, 0.1) is 0 Å². The van der Waals surface area contributed by atoms with Gasteiger partial charge in [-0.2, -0.15) is 5.26 Å². The Bertz CT molecular complexity index is 369. The topological polar surface area (TPSA) is 59.3 Å². The molecule has 0 saturated carbocycles. The lowest BCUT2D eigenvalue weighted by Gasteiger charge is -2.05. The molecule has 0 heterocycles. The van der Waals surface area contributed by atoms with Gasteiger partial charge in [0.25, 0.3) is 0 Å². The molecular weight excluding hydrogens is 214 g/mol. The predicted octanol–water partition coefficient (Wildman–Crippen LogP) is 2.16. The Hall–Kier alpha value is -1.67. The first-order valence-electron chi connectivity index (χ1n) is 4.14. The molecule has 0 N–H and O–H groups in total. The highest BCUT2D eigenvalue weighted by Gasteiger charge is 1.97. The van der Waals surface area contributed by atoms with Crippen LogP contribution in [0.4, 0.5) is 0 Å². The first-order chi connectivity index (χ1) is 7.22. The van der Waals surface area contributed by atoms with Crippen molar-refractivity contribution >= 4 is 17.7 Å². The predicted molar refractivity (Wildman–Crippen MR) is 55.2 cm³/mol. The quantitative estimate of drug-likeness (QED) is 0.339. The summed E-state index contributed by atoms with van der Waals surface area (Å²) in [5.74, 6) is 0.213. The Morgan fingerprint density at radius 3 is 2.67 bits per heavy atom. The molecule has 0 fully saturated rings. The molecule has 5 heteroatoms. The highest BCUT2D eigenvalue weighted by Crippen LogP contribution is 2.20. The Kier molecular flexibility index (Phi) is 4.51. The zero-order valence-corrected chi connectivity index (χ0v) is 8.91. The van der Waals surface area contributed by atoms with Crippen molar-refractivity contribution in [3.8, 4) is 11.2 Å². The highest BCUT2D eigenvalue weighted by molar-refractivity contribution is 8.03. The molecule has 1 aromatic rings. The van der Waals surface area contributed by atoms with Crippen LogP contribution in [-0.4, -0.2) is 12.8 Å². The first kappa shape index (κ1) is 11.4. The van der Waals surface area contributed by atoms with Crippen LogP contribution in [0.5, 0.6) is 5.75 Å². The van der Waals surface area contributed by atoms with Crippen LogP contribution in [0.3, 0.4) is 0 Å². The fourth-order valence-electron chi connectivity index (χ4n) is 0.837. The van der Waals surface area contributed by atoms with Crippen molar-refractivity contribution in [2.45, 2.75) is 11.8 Å². The maximum atomic E-state index is 10.4. The number of hydrogen-bond donors (Lipinski definition) is 0. The van der Waals surface area contributed by atoms with Crippen LogP contribution < -0.4 is 4.74 Å². The number of thioether (sulfide) groups is 1. The van der Waals surface area contributed by atoms with Gasteiger partial charge in [0.1, 0.15) is 11.2 Å². The molecule has 0 atom stereocenters. The number of ether oxygens (including phenoxy) is 2. The van der Waals surface area contributed by atoms with E-state index in [9.17, 15) is 4.79 Å². The van der Waals surface area contributed by atoms with Gasteiger partial charge in [0, 0.05) is 11.8 Å². The van der Waals surface area contributed by atoms with Crippen LogP contribution in [0.2, 0.25) is 0 Å². The monoisotopic (exact) mass is 223 g/mol. The van der Waals surface area contributed by atoms with Crippen molar-refractivity contribution in [2.75, 3.05) is 6.79 Å². The molecule has 0 amide bonds. The van der Waals surface area contributed by atoms with Gasteiger partial charge in [-0.05, 0) is 36.0 Å². The van der Waals surface area contributed by atoms with E-state index in [0.717, 1.165) is 16.7 Å². The van der Waals surface area contributed by atoms with Crippen molar-refractivity contribution in [3.63, 3.8) is 0 Å². The SMILES string of the molecule is CC(=O)OCOc1ccc(SC#N)cc1. The van der Waals surface area contributed by atoms with Crippen molar-refractivity contribution in [3.05, 3.63) is 24.3 Å². The normalized spacial score (nSPS) is 9.07. The Morgan fingerprint density at radius 1 is 1.47 bits per heavy atom. The number of carbonyl (C=O) groups is 1. The molecular formula is C10H9NO3S. The minimum atomic E-state index is -0.383. The molecule has 0 aliphatic heterocycles. The Labute approximate surface area is 91.8 Å². The summed E-state index contributed by atoms with van der Waals surface area (Å²) in [4.78, 5) is 11.3. The average molecular weight is 223 g/mol. The molecule has 0 unspecified atom stereocenters. The van der Waals surface area contributed by atoms with Crippen LogP contribution >= 0.6 is 11.8 Å². The number of esters is 1. The summed E-state index contributed by atoms with van der Waals surface area (Å²) < 4.78 is 9.72. The van der Waals surface area contributed by atoms with Crippen LogP contribution in [0.15, 0.2) is 29.2 Å². The second-order valence-electron chi connectivity index (χ2n) is 2.56. The van der Waals surface area contributed by atoms with E-state index in [1.807, 2.05) is 5.40 Å². The summed E-state index contributed by atoms with van der Waals surface area (Å²) in [5, 5.41) is 10.4. The van der Waals surface area contributed by atoms with Gasteiger partial charge in [0.2, 0.25) is 6.79 Å². The van der Waals surface area contributed by atoms with Gasteiger partial charge < -0.3 is 9.47 Å². The van der Waals surface area contributed by atoms with E-state index in [0.29, 0.717) is 5.75 Å². The minimum absolute atomic E-state index is 0.0971. The lowest BCUT2D eigenvalue weighted by molar-refractivity contribution is -0.147. The van der Waals surface area contributed by atoms with Gasteiger partial charge in [-0.25, -0.2) is 0 Å². The number of nitriles is 1. The zero-order valence-electron chi connectivity index (χ0n) is 8.10. The molecule has 4 nitrogen and oxygen atoms in total. The lowest BCUT2D eigenvalue weighted by Crippen LogP contribution is -2.06. The maximum Gasteiger partial charge on any atom is 0.305 e.